The minimum Gasteiger partial charge on any atom is -0.461 e. The molecule has 0 bridgehead atoms. The fourth-order valence-electron chi connectivity index (χ4n) is 2.37. The lowest BCUT2D eigenvalue weighted by Gasteiger charge is -2.06. The van der Waals surface area contributed by atoms with E-state index >= 15 is 0 Å². The molecule has 0 atom stereocenters. The number of nitrogens with zero attached hydrogens (tertiary/aromatic N) is 5. The molecule has 8 heteroatoms. The predicted octanol–water partition coefficient (Wildman–Crippen LogP) is 4.19. The monoisotopic (exact) mass is 355 g/mol. The van der Waals surface area contributed by atoms with Crippen LogP contribution in [0.4, 0.5) is 0 Å². The van der Waals surface area contributed by atoms with Crippen LogP contribution in [0.1, 0.15) is 4.88 Å². The Balaban J connectivity index is 1.77. The summed E-state index contributed by atoms with van der Waals surface area (Å²) in [5, 5.41) is 11.2. The van der Waals surface area contributed by atoms with Crippen LogP contribution < -0.4 is 0 Å². The van der Waals surface area contributed by atoms with Crippen LogP contribution in [0.25, 0.3) is 21.8 Å². The van der Waals surface area contributed by atoms with Crippen molar-refractivity contribution in [2.45, 2.75) is 23.7 Å². The lowest BCUT2D eigenvalue weighted by molar-refractivity contribution is 0.569. The van der Waals surface area contributed by atoms with Crippen molar-refractivity contribution in [2.75, 3.05) is 0 Å². The number of rotatable bonds is 5. The highest BCUT2D eigenvalue weighted by atomic mass is 32.2. The topological polar surface area (TPSA) is 69.6 Å². The SMILES string of the molecule is C=CCn1c(Sc2ncnc3sc(C)cc23)nnc1-c1ccco1. The first-order chi connectivity index (χ1) is 11.8. The van der Waals surface area contributed by atoms with Crippen LogP contribution in [-0.2, 0) is 6.54 Å². The van der Waals surface area contributed by atoms with Crippen molar-refractivity contribution in [3.63, 3.8) is 0 Å². The maximum absolute atomic E-state index is 5.45. The Labute approximate surface area is 146 Å². The summed E-state index contributed by atoms with van der Waals surface area (Å²) in [6, 6.07) is 5.80. The van der Waals surface area contributed by atoms with Crippen LogP contribution in [-0.4, -0.2) is 24.7 Å². The summed E-state index contributed by atoms with van der Waals surface area (Å²) in [7, 11) is 0. The molecule has 0 aliphatic carbocycles. The molecule has 4 aromatic heterocycles. The lowest BCUT2D eigenvalue weighted by atomic mass is 10.4. The van der Waals surface area contributed by atoms with Gasteiger partial charge in [-0.2, -0.15) is 0 Å². The van der Waals surface area contributed by atoms with E-state index in [-0.39, 0.29) is 0 Å². The van der Waals surface area contributed by atoms with E-state index in [1.165, 1.54) is 16.6 Å². The van der Waals surface area contributed by atoms with Gasteiger partial charge in [0.05, 0.1) is 6.26 Å². The van der Waals surface area contributed by atoms with Crippen molar-refractivity contribution >= 4 is 33.3 Å². The van der Waals surface area contributed by atoms with E-state index in [9.17, 15) is 0 Å². The normalized spacial score (nSPS) is 11.2. The van der Waals surface area contributed by atoms with Crippen molar-refractivity contribution in [1.82, 2.24) is 24.7 Å². The van der Waals surface area contributed by atoms with Gasteiger partial charge in [0.2, 0.25) is 5.82 Å². The van der Waals surface area contributed by atoms with Gasteiger partial charge < -0.3 is 4.42 Å². The zero-order valence-corrected chi connectivity index (χ0v) is 14.5. The average molecular weight is 355 g/mol. The minimum absolute atomic E-state index is 0.586. The van der Waals surface area contributed by atoms with E-state index in [0.717, 1.165) is 20.4 Å². The molecule has 4 aromatic rings. The first-order valence-electron chi connectivity index (χ1n) is 7.23. The quantitative estimate of drug-likeness (QED) is 0.395. The van der Waals surface area contributed by atoms with Gasteiger partial charge in [-0.15, -0.1) is 28.1 Å². The number of furan rings is 1. The summed E-state index contributed by atoms with van der Waals surface area (Å²) in [6.07, 6.45) is 5.02. The van der Waals surface area contributed by atoms with Crippen molar-refractivity contribution in [2.24, 2.45) is 0 Å². The Morgan fingerprint density at radius 1 is 1.38 bits per heavy atom. The van der Waals surface area contributed by atoms with Crippen LogP contribution in [0, 0.1) is 6.92 Å². The number of hydrogen-bond acceptors (Lipinski definition) is 7. The molecule has 0 aromatic carbocycles. The van der Waals surface area contributed by atoms with Crippen LogP contribution >= 0.6 is 23.1 Å². The second-order valence-corrected chi connectivity index (χ2v) is 7.23. The van der Waals surface area contributed by atoms with Gasteiger partial charge in [-0.25, -0.2) is 9.97 Å². The second-order valence-electron chi connectivity index (χ2n) is 5.04. The second kappa shape index (κ2) is 6.21. The molecule has 0 aliphatic heterocycles. The summed E-state index contributed by atoms with van der Waals surface area (Å²) >= 11 is 3.13. The summed E-state index contributed by atoms with van der Waals surface area (Å²) in [6.45, 7) is 6.47. The molecule has 24 heavy (non-hydrogen) atoms. The summed E-state index contributed by atoms with van der Waals surface area (Å²) in [4.78, 5) is 10.9. The maximum Gasteiger partial charge on any atom is 0.200 e. The van der Waals surface area contributed by atoms with Gasteiger partial charge in [0.1, 0.15) is 16.2 Å². The van der Waals surface area contributed by atoms with Gasteiger partial charge in [0.25, 0.3) is 0 Å². The third-order valence-electron chi connectivity index (χ3n) is 3.37. The Morgan fingerprint density at radius 2 is 2.29 bits per heavy atom. The van der Waals surface area contributed by atoms with E-state index in [2.05, 4.69) is 39.7 Å². The molecule has 120 valence electrons. The van der Waals surface area contributed by atoms with E-state index in [1.807, 2.05) is 22.8 Å². The average Bonchev–Trinajstić information content (AvgIpc) is 3.28. The zero-order chi connectivity index (χ0) is 16.5. The van der Waals surface area contributed by atoms with Crippen molar-refractivity contribution in [1.29, 1.82) is 0 Å². The minimum atomic E-state index is 0.586. The predicted molar refractivity (Wildman–Crippen MR) is 94.2 cm³/mol. The van der Waals surface area contributed by atoms with Gasteiger partial charge in [-0.05, 0) is 36.9 Å². The Hall–Kier alpha value is -2.45. The molecule has 4 rings (SSSR count). The van der Waals surface area contributed by atoms with E-state index < -0.39 is 0 Å². The summed E-state index contributed by atoms with van der Waals surface area (Å²) < 4.78 is 7.41. The van der Waals surface area contributed by atoms with Gasteiger partial charge >= 0.3 is 0 Å². The first kappa shape index (κ1) is 15.1. The maximum atomic E-state index is 5.45. The van der Waals surface area contributed by atoms with Crippen molar-refractivity contribution in [3.05, 3.63) is 48.3 Å². The number of hydrogen-bond donors (Lipinski definition) is 0. The molecule has 0 amide bonds. The van der Waals surface area contributed by atoms with Crippen molar-refractivity contribution in [3.8, 4) is 11.6 Å². The van der Waals surface area contributed by atoms with Crippen LogP contribution in [0.5, 0.6) is 0 Å². The largest absolute Gasteiger partial charge is 0.461 e. The van der Waals surface area contributed by atoms with Crippen LogP contribution in [0.15, 0.2) is 58.0 Å². The Bertz CT molecular complexity index is 1000. The van der Waals surface area contributed by atoms with Gasteiger partial charge in [-0.1, -0.05) is 6.08 Å². The highest BCUT2D eigenvalue weighted by molar-refractivity contribution is 7.99. The third-order valence-corrected chi connectivity index (χ3v) is 5.34. The highest BCUT2D eigenvalue weighted by Gasteiger charge is 2.18. The molecule has 0 unspecified atom stereocenters. The summed E-state index contributed by atoms with van der Waals surface area (Å²) in [5.74, 6) is 1.35. The first-order valence-corrected chi connectivity index (χ1v) is 8.86. The van der Waals surface area contributed by atoms with Crippen LogP contribution in [0.2, 0.25) is 0 Å². The fraction of sp³-hybridized carbons (Fsp3) is 0.125. The van der Waals surface area contributed by atoms with Crippen molar-refractivity contribution < 1.29 is 4.42 Å². The number of allylic oxidation sites excluding steroid dienone is 1. The molecule has 6 nitrogen and oxygen atoms in total. The Morgan fingerprint density at radius 3 is 3.08 bits per heavy atom. The molecular weight excluding hydrogens is 342 g/mol. The number of thiophene rings is 1. The molecule has 0 saturated carbocycles. The van der Waals surface area contributed by atoms with E-state index in [1.54, 1.807) is 23.9 Å². The molecule has 0 fully saturated rings. The lowest BCUT2D eigenvalue weighted by Crippen LogP contribution is -2.00. The molecule has 0 N–H and O–H groups in total. The molecule has 0 spiro atoms. The molecular formula is C16H13N5OS2. The smallest absolute Gasteiger partial charge is 0.200 e. The fourth-order valence-corrected chi connectivity index (χ4v) is 4.17. The molecule has 4 heterocycles. The number of aromatic nitrogens is 5. The molecule has 0 saturated heterocycles. The van der Waals surface area contributed by atoms with Gasteiger partial charge in [0, 0.05) is 16.8 Å². The summed E-state index contributed by atoms with van der Waals surface area (Å²) in [5.41, 5.74) is 0. The zero-order valence-electron chi connectivity index (χ0n) is 12.8. The van der Waals surface area contributed by atoms with Crippen LogP contribution in [0.3, 0.4) is 0 Å². The molecule has 0 radical (unpaired) electrons. The third kappa shape index (κ3) is 2.63. The van der Waals surface area contributed by atoms with E-state index in [0.29, 0.717) is 18.1 Å². The number of fused-ring (bicyclic) bond motifs is 1. The number of aryl methyl sites for hydroxylation is 1. The highest BCUT2D eigenvalue weighted by Crippen LogP contribution is 2.35. The standard InChI is InChI=1S/C16H13N5OS2/c1-3-6-21-13(12-5-4-7-22-12)19-20-16(21)24-15-11-8-10(2)23-14(11)17-9-18-15/h3-5,7-9H,1,6H2,2H3. The van der Waals surface area contributed by atoms with E-state index in [4.69, 9.17) is 4.42 Å². The molecule has 0 aliphatic rings. The Kier molecular flexibility index (Phi) is 3.91. The van der Waals surface area contributed by atoms with Gasteiger partial charge in [-0.3, -0.25) is 4.57 Å². The van der Waals surface area contributed by atoms with Gasteiger partial charge in [0.15, 0.2) is 10.9 Å².